The summed E-state index contributed by atoms with van der Waals surface area (Å²) in [5.41, 5.74) is 9.30. The Balaban J connectivity index is 1.27. The Kier molecular flexibility index (Phi) is 10.2. The fourth-order valence-corrected chi connectivity index (χ4v) is 9.14. The Labute approximate surface area is 379 Å². The molecule has 0 heterocycles. The fourth-order valence-electron chi connectivity index (χ4n) is 9.14. The second-order valence-corrected chi connectivity index (χ2v) is 16.7. The molecule has 0 saturated heterocycles. The zero-order chi connectivity index (χ0) is 46.0. The van der Waals surface area contributed by atoms with E-state index in [0.717, 1.165) is 66.7 Å². The molecule has 0 atom stereocenters. The third-order valence-corrected chi connectivity index (χ3v) is 12.7. The van der Waals surface area contributed by atoms with Crippen molar-refractivity contribution in [3.8, 4) is 28.3 Å². The van der Waals surface area contributed by atoms with E-state index in [0.29, 0.717) is 56.3 Å². The summed E-state index contributed by atoms with van der Waals surface area (Å²) in [5.74, 6) is -3.00. The van der Waals surface area contributed by atoms with E-state index >= 15 is 17.6 Å². The molecule has 10 rings (SSSR count). The largest absolute Gasteiger partial charge is 0.307 e. The van der Waals surface area contributed by atoms with Crippen LogP contribution in [0.25, 0.3) is 59.4 Å². The van der Waals surface area contributed by atoms with Gasteiger partial charge < -0.3 is 9.80 Å². The summed E-state index contributed by atoms with van der Waals surface area (Å²) in [6.45, 7) is 15.5. The maximum atomic E-state index is 16.9. The maximum absolute atomic E-state index is 16.9. The van der Waals surface area contributed by atoms with Crippen molar-refractivity contribution in [3.63, 3.8) is 0 Å². The van der Waals surface area contributed by atoms with Crippen LogP contribution in [-0.2, 0) is 0 Å². The monoisotopic (exact) mass is 866 g/mol. The third kappa shape index (κ3) is 7.01. The molecule has 0 spiro atoms. The summed E-state index contributed by atoms with van der Waals surface area (Å²) in [7, 11) is 0. The first-order valence-electron chi connectivity index (χ1n) is 21.3. The van der Waals surface area contributed by atoms with Gasteiger partial charge in [-0.05, 0) is 143 Å². The van der Waals surface area contributed by atoms with Crippen LogP contribution in [0.1, 0.15) is 27.8 Å². The number of halogens is 4. The van der Waals surface area contributed by atoms with E-state index in [-0.39, 0.29) is 11.4 Å². The molecule has 318 valence electrons. The summed E-state index contributed by atoms with van der Waals surface area (Å²) in [4.78, 5) is 7.16. The first-order chi connectivity index (χ1) is 31.9. The molecule has 0 unspecified atom stereocenters. The van der Waals surface area contributed by atoms with Gasteiger partial charge in [0.2, 0.25) is 0 Å². The molecule has 0 saturated carbocycles. The molecule has 0 aliphatic carbocycles. The average Bonchev–Trinajstić information content (AvgIpc) is 3.32. The molecule has 0 N–H and O–H groups in total. The van der Waals surface area contributed by atoms with Gasteiger partial charge in [0.25, 0.3) is 0 Å². The van der Waals surface area contributed by atoms with Crippen LogP contribution in [0.5, 0.6) is 0 Å². The quantitative estimate of drug-likeness (QED) is 0.0867. The SMILES string of the molecule is [C-]#[N+]c1ccc(N(c2c(F)cc(F)cc2-c2ccc(C)c(C)c2)c2ccc3ccc4c(N(c5ccc(C#N)cc5)c5c(F)cc(F)cc5-c5ccc(C)c(C)c5)ccc5ccc2c3c54)cc1. The molecule has 66 heavy (non-hydrogen) atoms. The molecule has 10 aromatic carbocycles. The van der Waals surface area contributed by atoms with Crippen molar-refractivity contribution in [1.82, 2.24) is 0 Å². The van der Waals surface area contributed by atoms with E-state index in [1.807, 2.05) is 113 Å². The van der Waals surface area contributed by atoms with E-state index in [9.17, 15) is 5.26 Å². The number of anilines is 6. The molecule has 0 aromatic heterocycles. The van der Waals surface area contributed by atoms with E-state index < -0.39 is 23.3 Å². The van der Waals surface area contributed by atoms with Crippen LogP contribution in [0.4, 0.5) is 57.4 Å². The maximum Gasteiger partial charge on any atom is 0.187 e. The van der Waals surface area contributed by atoms with Gasteiger partial charge in [0.05, 0.1) is 41.0 Å². The predicted molar refractivity (Wildman–Crippen MR) is 260 cm³/mol. The molecular formula is C58H38F4N4. The van der Waals surface area contributed by atoms with Crippen molar-refractivity contribution in [1.29, 1.82) is 5.26 Å². The first kappa shape index (κ1) is 41.5. The lowest BCUT2D eigenvalue weighted by atomic mass is 9.91. The van der Waals surface area contributed by atoms with Gasteiger partial charge in [-0.2, -0.15) is 5.26 Å². The Morgan fingerprint density at radius 2 is 0.894 bits per heavy atom. The second-order valence-electron chi connectivity index (χ2n) is 16.7. The van der Waals surface area contributed by atoms with Gasteiger partial charge in [0.15, 0.2) is 17.3 Å². The number of rotatable bonds is 8. The number of hydrogen-bond acceptors (Lipinski definition) is 3. The molecule has 0 radical (unpaired) electrons. The van der Waals surface area contributed by atoms with Crippen LogP contribution in [0.2, 0.25) is 0 Å². The Morgan fingerprint density at radius 1 is 0.470 bits per heavy atom. The van der Waals surface area contributed by atoms with E-state index in [4.69, 9.17) is 6.57 Å². The summed E-state index contributed by atoms with van der Waals surface area (Å²) in [6, 6.07) is 47.5. The predicted octanol–water partition coefficient (Wildman–Crippen LogP) is 17.1. The highest BCUT2D eigenvalue weighted by atomic mass is 19.1. The van der Waals surface area contributed by atoms with Crippen molar-refractivity contribution in [2.45, 2.75) is 27.7 Å². The number of benzene rings is 10. The summed E-state index contributed by atoms with van der Waals surface area (Å²) in [6.07, 6.45) is 0. The van der Waals surface area contributed by atoms with E-state index in [1.54, 1.807) is 58.3 Å². The van der Waals surface area contributed by atoms with E-state index in [1.165, 1.54) is 12.1 Å². The first-order valence-corrected chi connectivity index (χ1v) is 21.3. The molecule has 8 heteroatoms. The number of hydrogen-bond donors (Lipinski definition) is 0. The zero-order valence-electron chi connectivity index (χ0n) is 36.3. The minimum absolute atomic E-state index is 0.125. The van der Waals surface area contributed by atoms with Crippen molar-refractivity contribution >= 4 is 72.1 Å². The van der Waals surface area contributed by atoms with Gasteiger partial charge in [0.1, 0.15) is 11.6 Å². The fraction of sp³-hybridized carbons (Fsp3) is 0.0690. The molecule has 0 bridgehead atoms. The van der Waals surface area contributed by atoms with Gasteiger partial charge in [-0.3, -0.25) is 0 Å². The summed E-state index contributed by atoms with van der Waals surface area (Å²) in [5, 5.41) is 14.7. The Morgan fingerprint density at radius 3 is 1.30 bits per heavy atom. The lowest BCUT2D eigenvalue weighted by molar-refractivity contribution is 0.584. The zero-order valence-corrected chi connectivity index (χ0v) is 36.3. The van der Waals surface area contributed by atoms with Crippen LogP contribution >= 0.6 is 0 Å². The second kappa shape index (κ2) is 16.3. The van der Waals surface area contributed by atoms with Crippen LogP contribution in [0, 0.1) is 68.9 Å². The summed E-state index contributed by atoms with van der Waals surface area (Å²) < 4.78 is 64.6. The highest BCUT2D eigenvalue weighted by Crippen LogP contribution is 2.51. The molecule has 0 amide bonds. The normalized spacial score (nSPS) is 11.3. The van der Waals surface area contributed by atoms with Gasteiger partial charge in [-0.25, -0.2) is 22.4 Å². The Hall–Kier alpha value is -8.46. The lowest BCUT2D eigenvalue weighted by Crippen LogP contribution is -2.15. The number of aryl methyl sites for hydroxylation is 4. The minimum atomic E-state index is -0.777. The number of nitrogens with zero attached hydrogens (tertiary/aromatic N) is 4. The van der Waals surface area contributed by atoms with Crippen LogP contribution in [-0.4, -0.2) is 0 Å². The highest BCUT2D eigenvalue weighted by Gasteiger charge is 2.28. The highest BCUT2D eigenvalue weighted by molar-refractivity contribution is 6.28. The molecule has 0 aliphatic heterocycles. The van der Waals surface area contributed by atoms with Crippen LogP contribution < -0.4 is 9.80 Å². The molecule has 10 aromatic rings. The average molecular weight is 867 g/mol. The number of nitriles is 1. The van der Waals surface area contributed by atoms with Crippen molar-refractivity contribution < 1.29 is 17.6 Å². The van der Waals surface area contributed by atoms with Crippen molar-refractivity contribution in [2.75, 3.05) is 9.80 Å². The molecule has 0 aliphatic rings. The Bertz CT molecular complexity index is 3420. The van der Waals surface area contributed by atoms with Gasteiger partial charge in [-0.1, -0.05) is 84.9 Å². The molecule has 4 nitrogen and oxygen atoms in total. The molecular weight excluding hydrogens is 829 g/mol. The van der Waals surface area contributed by atoms with Crippen LogP contribution in [0.3, 0.4) is 0 Å². The van der Waals surface area contributed by atoms with Crippen molar-refractivity contribution in [2.24, 2.45) is 0 Å². The van der Waals surface area contributed by atoms with Gasteiger partial charge in [0, 0.05) is 45.4 Å². The third-order valence-electron chi connectivity index (χ3n) is 12.7. The molecule has 0 fully saturated rings. The topological polar surface area (TPSA) is 34.6 Å². The lowest BCUT2D eigenvalue weighted by Gasteiger charge is -2.31. The van der Waals surface area contributed by atoms with Crippen molar-refractivity contribution in [3.05, 3.63) is 220 Å². The van der Waals surface area contributed by atoms with E-state index in [2.05, 4.69) is 10.9 Å². The minimum Gasteiger partial charge on any atom is -0.307 e. The van der Waals surface area contributed by atoms with Gasteiger partial charge >= 0.3 is 0 Å². The summed E-state index contributed by atoms with van der Waals surface area (Å²) >= 11 is 0. The smallest absolute Gasteiger partial charge is 0.187 e. The van der Waals surface area contributed by atoms with Gasteiger partial charge in [-0.15, -0.1) is 0 Å². The van der Waals surface area contributed by atoms with Crippen LogP contribution in [0.15, 0.2) is 158 Å². The standard InChI is InChI=1S/C58H38F4N4/c1-33-6-10-40(26-35(33)3)49-28-42(59)30-51(61)57(49)65(45-18-8-37(32-63)9-19-45)53-24-14-38-13-23-48-54(25-15-39-12-22-47(53)55(38)56(39)48)66(46-20-16-44(64-5)17-21-46)58-50(29-43(60)31-52(58)62)41-11-7-34(2)36(4)27-41/h6-31H,1-4H3.